The van der Waals surface area contributed by atoms with Crippen LogP contribution in [0.4, 0.5) is 5.95 Å². The molecule has 0 radical (unpaired) electrons. The molecule has 0 amide bonds. The van der Waals surface area contributed by atoms with Crippen LogP contribution in [0.15, 0.2) is 24.7 Å². The van der Waals surface area contributed by atoms with E-state index in [9.17, 15) is 0 Å². The van der Waals surface area contributed by atoms with Gasteiger partial charge in [-0.3, -0.25) is 0 Å². The van der Waals surface area contributed by atoms with Crippen molar-refractivity contribution < 1.29 is 0 Å². The van der Waals surface area contributed by atoms with E-state index in [1.807, 2.05) is 36.0 Å². The molecule has 2 aromatic rings. The molecule has 1 aliphatic heterocycles. The van der Waals surface area contributed by atoms with Gasteiger partial charge in [-0.15, -0.1) is 11.3 Å². The highest BCUT2D eigenvalue weighted by Gasteiger charge is 2.22. The molecule has 3 rings (SSSR count). The molecular weight excluding hydrogens is 306 g/mol. The van der Waals surface area contributed by atoms with Crippen LogP contribution >= 0.6 is 11.3 Å². The van der Waals surface area contributed by atoms with Gasteiger partial charge in [-0.1, -0.05) is 20.8 Å². The summed E-state index contributed by atoms with van der Waals surface area (Å²) < 4.78 is 0. The molecule has 0 spiro atoms. The summed E-state index contributed by atoms with van der Waals surface area (Å²) in [6.45, 7) is 9.54. The minimum Gasteiger partial charge on any atom is -0.339 e. The number of aromatic nitrogens is 3. The van der Waals surface area contributed by atoms with Crippen LogP contribution < -0.4 is 10.2 Å². The fraction of sp³-hybridized carbons (Fsp3) is 0.588. The topological polar surface area (TPSA) is 53.9 Å². The van der Waals surface area contributed by atoms with Crippen LogP contribution in [0.25, 0.3) is 0 Å². The van der Waals surface area contributed by atoms with Gasteiger partial charge in [0.1, 0.15) is 5.01 Å². The highest BCUT2D eigenvalue weighted by molar-refractivity contribution is 7.11. The number of thiazole rings is 1. The fourth-order valence-electron chi connectivity index (χ4n) is 2.75. The molecule has 1 N–H and O–H groups in total. The quantitative estimate of drug-likeness (QED) is 0.933. The van der Waals surface area contributed by atoms with Crippen LogP contribution in [0.2, 0.25) is 0 Å². The number of hydrogen-bond donors (Lipinski definition) is 1. The van der Waals surface area contributed by atoms with Crippen molar-refractivity contribution in [2.75, 3.05) is 18.0 Å². The molecule has 0 aliphatic carbocycles. The van der Waals surface area contributed by atoms with E-state index in [4.69, 9.17) is 0 Å². The molecule has 23 heavy (non-hydrogen) atoms. The van der Waals surface area contributed by atoms with Gasteiger partial charge in [0.15, 0.2) is 0 Å². The number of rotatable bonds is 4. The monoisotopic (exact) mass is 331 g/mol. The maximum absolute atomic E-state index is 4.56. The molecule has 3 heterocycles. The molecular formula is C17H25N5S. The number of piperidine rings is 1. The Morgan fingerprint density at radius 3 is 2.74 bits per heavy atom. The standard InChI is InChI=1S/C17H25N5S/c1-17(2,3)14-10-21-15(23-14)11-20-13-6-4-9-22(12-13)16-18-7-5-8-19-16/h5,7-8,10,13,20H,4,6,9,11-12H2,1-3H3/t13-/m0/s1. The molecule has 0 unspecified atom stereocenters. The summed E-state index contributed by atoms with van der Waals surface area (Å²) in [6, 6.07) is 2.33. The Labute approximate surface area is 142 Å². The van der Waals surface area contributed by atoms with Crippen LogP contribution in [0, 0.1) is 0 Å². The van der Waals surface area contributed by atoms with Crippen LogP contribution in [-0.4, -0.2) is 34.1 Å². The Balaban J connectivity index is 1.55. The first kappa shape index (κ1) is 16.3. The van der Waals surface area contributed by atoms with Crippen LogP contribution in [0.5, 0.6) is 0 Å². The van der Waals surface area contributed by atoms with Gasteiger partial charge in [0.2, 0.25) is 5.95 Å². The Bertz CT molecular complexity index is 619. The zero-order chi connectivity index (χ0) is 16.3. The van der Waals surface area contributed by atoms with Gasteiger partial charge in [0, 0.05) is 49.1 Å². The lowest BCUT2D eigenvalue weighted by molar-refractivity contribution is 0.418. The molecule has 0 saturated carbocycles. The second kappa shape index (κ2) is 6.93. The SMILES string of the molecule is CC(C)(C)c1cnc(CN[C@H]2CCCN(c3ncccn3)C2)s1. The molecule has 2 aromatic heterocycles. The van der Waals surface area contributed by atoms with E-state index in [2.05, 4.69) is 45.9 Å². The van der Waals surface area contributed by atoms with Crippen LogP contribution in [0.1, 0.15) is 43.5 Å². The van der Waals surface area contributed by atoms with E-state index < -0.39 is 0 Å². The van der Waals surface area contributed by atoms with Gasteiger partial charge in [0.05, 0.1) is 0 Å². The molecule has 1 aliphatic rings. The van der Waals surface area contributed by atoms with Crippen molar-refractivity contribution in [1.82, 2.24) is 20.3 Å². The molecule has 1 atom stereocenters. The third-order valence-electron chi connectivity index (χ3n) is 4.09. The molecule has 0 bridgehead atoms. The second-order valence-corrected chi connectivity index (χ2v) is 8.20. The van der Waals surface area contributed by atoms with E-state index in [1.165, 1.54) is 22.7 Å². The average Bonchev–Trinajstić information content (AvgIpc) is 3.03. The largest absolute Gasteiger partial charge is 0.339 e. The summed E-state index contributed by atoms with van der Waals surface area (Å²) in [7, 11) is 0. The number of hydrogen-bond acceptors (Lipinski definition) is 6. The molecule has 1 fully saturated rings. The van der Waals surface area contributed by atoms with Gasteiger partial charge < -0.3 is 10.2 Å². The van der Waals surface area contributed by atoms with E-state index in [-0.39, 0.29) is 5.41 Å². The van der Waals surface area contributed by atoms with E-state index in [1.54, 1.807) is 0 Å². The Morgan fingerprint density at radius 1 is 1.26 bits per heavy atom. The van der Waals surface area contributed by atoms with Crippen molar-refractivity contribution in [3.8, 4) is 0 Å². The van der Waals surface area contributed by atoms with Gasteiger partial charge in [-0.2, -0.15) is 0 Å². The summed E-state index contributed by atoms with van der Waals surface area (Å²) in [5, 5.41) is 4.82. The summed E-state index contributed by atoms with van der Waals surface area (Å²) in [5.41, 5.74) is 0.183. The lowest BCUT2D eigenvalue weighted by Crippen LogP contribution is -2.46. The minimum atomic E-state index is 0.183. The first-order valence-corrected chi connectivity index (χ1v) is 9.04. The summed E-state index contributed by atoms with van der Waals surface area (Å²) in [4.78, 5) is 16.9. The van der Waals surface area contributed by atoms with Crippen molar-refractivity contribution in [3.63, 3.8) is 0 Å². The van der Waals surface area contributed by atoms with Gasteiger partial charge in [0.25, 0.3) is 0 Å². The van der Waals surface area contributed by atoms with Crippen molar-refractivity contribution in [2.24, 2.45) is 0 Å². The average molecular weight is 331 g/mol. The van der Waals surface area contributed by atoms with Gasteiger partial charge >= 0.3 is 0 Å². The van der Waals surface area contributed by atoms with Crippen LogP contribution in [0.3, 0.4) is 0 Å². The lowest BCUT2D eigenvalue weighted by atomic mass is 9.96. The number of nitrogens with zero attached hydrogens (tertiary/aromatic N) is 4. The van der Waals surface area contributed by atoms with E-state index in [0.717, 1.165) is 25.6 Å². The second-order valence-electron chi connectivity index (χ2n) is 7.08. The smallest absolute Gasteiger partial charge is 0.225 e. The van der Waals surface area contributed by atoms with E-state index in [0.29, 0.717) is 6.04 Å². The third kappa shape index (κ3) is 4.26. The highest BCUT2D eigenvalue weighted by Crippen LogP contribution is 2.27. The molecule has 1 saturated heterocycles. The van der Waals surface area contributed by atoms with Crippen LogP contribution in [-0.2, 0) is 12.0 Å². The number of anilines is 1. The van der Waals surface area contributed by atoms with Crippen molar-refractivity contribution in [3.05, 3.63) is 34.5 Å². The van der Waals surface area contributed by atoms with Crippen molar-refractivity contribution in [1.29, 1.82) is 0 Å². The van der Waals surface area contributed by atoms with Crippen molar-refractivity contribution in [2.45, 2.75) is 51.6 Å². The zero-order valence-electron chi connectivity index (χ0n) is 14.1. The first-order valence-electron chi connectivity index (χ1n) is 8.23. The molecule has 6 heteroatoms. The maximum Gasteiger partial charge on any atom is 0.225 e. The molecule has 124 valence electrons. The zero-order valence-corrected chi connectivity index (χ0v) is 14.9. The Kier molecular flexibility index (Phi) is 4.92. The van der Waals surface area contributed by atoms with E-state index >= 15 is 0 Å². The Morgan fingerprint density at radius 2 is 2.04 bits per heavy atom. The third-order valence-corrected chi connectivity index (χ3v) is 5.51. The molecule has 5 nitrogen and oxygen atoms in total. The van der Waals surface area contributed by atoms with Crippen molar-refractivity contribution >= 4 is 17.3 Å². The summed E-state index contributed by atoms with van der Waals surface area (Å²) in [5.74, 6) is 0.836. The minimum absolute atomic E-state index is 0.183. The Hall–Kier alpha value is -1.53. The molecule has 0 aromatic carbocycles. The predicted molar refractivity (Wildman–Crippen MR) is 94.9 cm³/mol. The maximum atomic E-state index is 4.56. The summed E-state index contributed by atoms with van der Waals surface area (Å²) in [6.07, 6.45) is 8.00. The predicted octanol–water partition coefficient (Wildman–Crippen LogP) is 2.99. The normalized spacial score (nSPS) is 19.1. The first-order chi connectivity index (χ1) is 11.0. The fourth-order valence-corrected chi connectivity index (χ4v) is 3.68. The summed E-state index contributed by atoms with van der Waals surface area (Å²) >= 11 is 1.81. The lowest BCUT2D eigenvalue weighted by Gasteiger charge is -2.33. The van der Waals surface area contributed by atoms with Gasteiger partial charge in [-0.25, -0.2) is 15.0 Å². The highest BCUT2D eigenvalue weighted by atomic mass is 32.1. The van der Waals surface area contributed by atoms with Gasteiger partial charge in [-0.05, 0) is 24.3 Å². The number of nitrogens with one attached hydrogen (secondary N) is 1.